The minimum absolute atomic E-state index is 0.141. The van der Waals surface area contributed by atoms with Crippen molar-refractivity contribution in [2.24, 2.45) is 5.92 Å². The number of Topliss-reactive ketones (excluding diaryl/α,β-unsaturated/α-hetero) is 1. The predicted molar refractivity (Wildman–Crippen MR) is 36.4 cm³/mol. The Morgan fingerprint density at radius 1 is 1.56 bits per heavy atom. The largest absolute Gasteiger partial charge is 0.312 e. The number of ketones is 1. The molecule has 9 heavy (non-hydrogen) atoms. The van der Waals surface area contributed by atoms with Crippen molar-refractivity contribution >= 4 is 17.7 Å². The van der Waals surface area contributed by atoms with E-state index in [-0.39, 0.29) is 11.5 Å². The number of hydrogen-bond donors (Lipinski definition) is 2. The lowest BCUT2D eigenvalue weighted by atomic mass is 10.0. The van der Waals surface area contributed by atoms with Gasteiger partial charge in [-0.05, 0) is 13.8 Å². The average molecular weight is 126 g/mol. The molecule has 0 aliphatic carbocycles. The predicted octanol–water partition coefficient (Wildman–Crippen LogP) is 0.881. The van der Waals surface area contributed by atoms with Gasteiger partial charge in [0, 0.05) is 11.9 Å². The Morgan fingerprint density at radius 3 is 2.00 bits per heavy atom. The topological polar surface area (TPSA) is 64.8 Å². The molecule has 1 atom stereocenters. The molecular formula is C6H10N2O. The third-order valence-electron chi connectivity index (χ3n) is 1.07. The van der Waals surface area contributed by atoms with Crippen molar-refractivity contribution in [3.05, 3.63) is 0 Å². The first kappa shape index (κ1) is 8.01. The van der Waals surface area contributed by atoms with Gasteiger partial charge >= 0.3 is 0 Å². The van der Waals surface area contributed by atoms with Crippen LogP contribution in [0.15, 0.2) is 0 Å². The highest BCUT2D eigenvalue weighted by Gasteiger charge is 2.11. The van der Waals surface area contributed by atoms with Gasteiger partial charge in [-0.25, -0.2) is 0 Å². The molecule has 3 nitrogen and oxygen atoms in total. The van der Waals surface area contributed by atoms with Gasteiger partial charge < -0.3 is 10.8 Å². The summed E-state index contributed by atoms with van der Waals surface area (Å²) in [5, 5.41) is 13.7. The lowest BCUT2D eigenvalue weighted by molar-refractivity contribution is -0.117. The van der Waals surface area contributed by atoms with Gasteiger partial charge in [-0.15, -0.1) is 0 Å². The molecule has 3 heteroatoms. The van der Waals surface area contributed by atoms with Gasteiger partial charge in [-0.3, -0.25) is 4.79 Å². The first-order valence-electron chi connectivity index (χ1n) is 2.65. The van der Waals surface area contributed by atoms with Crippen molar-refractivity contribution in [3.63, 3.8) is 0 Å². The minimum atomic E-state index is -0.593. The molecule has 0 radical (unpaired) electrons. The van der Waals surface area contributed by atoms with Crippen molar-refractivity contribution in [2.75, 3.05) is 0 Å². The molecule has 0 rings (SSSR count). The second kappa shape index (κ2) is 3.12. The average Bonchev–Trinajstić information content (AvgIpc) is 1.64. The van der Waals surface area contributed by atoms with E-state index in [0.29, 0.717) is 0 Å². The molecule has 2 N–H and O–H groups in total. The number of nitrogens with one attached hydrogen (secondary N) is 2. The van der Waals surface area contributed by atoms with Crippen LogP contribution in [-0.2, 0) is 4.79 Å². The van der Waals surface area contributed by atoms with Gasteiger partial charge in [-0.2, -0.15) is 0 Å². The molecule has 50 valence electrons. The summed E-state index contributed by atoms with van der Waals surface area (Å²) in [7, 11) is 0. The third kappa shape index (κ3) is 2.17. The number of carbonyl (C=O) groups is 1. The summed E-state index contributed by atoms with van der Waals surface area (Å²) in [6, 6.07) is 0. The van der Waals surface area contributed by atoms with Gasteiger partial charge in [0.1, 0.15) is 5.78 Å². The maximum Gasteiger partial charge on any atom is 0.143 e. The summed E-state index contributed by atoms with van der Waals surface area (Å²) in [5.74, 6) is -0.734. The van der Waals surface area contributed by atoms with Crippen LogP contribution < -0.4 is 0 Å². The lowest BCUT2D eigenvalue weighted by Crippen LogP contribution is -2.19. The van der Waals surface area contributed by atoms with E-state index in [0.717, 1.165) is 6.21 Å². The summed E-state index contributed by atoms with van der Waals surface area (Å²) in [6.07, 6.45) is 0.991. The Hall–Kier alpha value is -0.990. The smallest absolute Gasteiger partial charge is 0.143 e. The molecule has 0 aliphatic heterocycles. The van der Waals surface area contributed by atoms with Gasteiger partial charge in [-0.1, -0.05) is 0 Å². The van der Waals surface area contributed by atoms with Crippen LogP contribution >= 0.6 is 0 Å². The maximum absolute atomic E-state index is 10.5. The van der Waals surface area contributed by atoms with E-state index in [9.17, 15) is 4.79 Å². The van der Waals surface area contributed by atoms with Crippen molar-refractivity contribution in [3.8, 4) is 0 Å². The molecule has 0 aliphatic rings. The van der Waals surface area contributed by atoms with E-state index < -0.39 is 5.92 Å². The maximum atomic E-state index is 10.5. The highest BCUT2D eigenvalue weighted by atomic mass is 16.1. The fraction of sp³-hybridized carbons (Fsp3) is 0.500. The number of rotatable bonds is 3. The van der Waals surface area contributed by atoms with Crippen molar-refractivity contribution in [1.82, 2.24) is 0 Å². The van der Waals surface area contributed by atoms with Gasteiger partial charge in [0.05, 0.1) is 5.92 Å². The van der Waals surface area contributed by atoms with E-state index in [2.05, 4.69) is 0 Å². The molecule has 0 spiro atoms. The third-order valence-corrected chi connectivity index (χ3v) is 1.07. The minimum Gasteiger partial charge on any atom is -0.312 e. The van der Waals surface area contributed by atoms with E-state index in [1.54, 1.807) is 0 Å². The molecule has 0 bridgehead atoms. The second-order valence-corrected chi connectivity index (χ2v) is 1.94. The van der Waals surface area contributed by atoms with Crippen LogP contribution in [0.25, 0.3) is 0 Å². The molecule has 0 saturated heterocycles. The van der Waals surface area contributed by atoms with Gasteiger partial charge in [0.2, 0.25) is 0 Å². The van der Waals surface area contributed by atoms with E-state index in [1.807, 2.05) is 0 Å². The summed E-state index contributed by atoms with van der Waals surface area (Å²) in [4.78, 5) is 10.5. The van der Waals surface area contributed by atoms with E-state index in [4.69, 9.17) is 10.8 Å². The molecule has 0 amide bonds. The standard InChI is InChI=1S/C6H10N2O/c1-4(8)6(3-7)5(2)9/h3,6-8H,1-2H3. The summed E-state index contributed by atoms with van der Waals surface area (Å²) in [5.41, 5.74) is 0.234. The molecule has 0 aromatic rings. The van der Waals surface area contributed by atoms with Crippen LogP contribution in [0.3, 0.4) is 0 Å². The van der Waals surface area contributed by atoms with Gasteiger partial charge in [0.15, 0.2) is 0 Å². The monoisotopic (exact) mass is 126 g/mol. The highest BCUT2D eigenvalue weighted by Crippen LogP contribution is 1.94. The molecule has 0 heterocycles. The Kier molecular flexibility index (Phi) is 2.78. The first-order valence-corrected chi connectivity index (χ1v) is 2.65. The second-order valence-electron chi connectivity index (χ2n) is 1.94. The van der Waals surface area contributed by atoms with Crippen LogP contribution in [0.1, 0.15) is 13.8 Å². The summed E-state index contributed by atoms with van der Waals surface area (Å²) < 4.78 is 0. The van der Waals surface area contributed by atoms with Crippen molar-refractivity contribution in [1.29, 1.82) is 10.8 Å². The Balaban J connectivity index is 4.16. The Bertz CT molecular complexity index is 137. The fourth-order valence-electron chi connectivity index (χ4n) is 0.547. The van der Waals surface area contributed by atoms with E-state index >= 15 is 0 Å². The zero-order valence-corrected chi connectivity index (χ0v) is 5.56. The summed E-state index contributed by atoms with van der Waals surface area (Å²) >= 11 is 0. The van der Waals surface area contributed by atoms with Gasteiger partial charge in [0.25, 0.3) is 0 Å². The van der Waals surface area contributed by atoms with E-state index in [1.165, 1.54) is 13.8 Å². The summed E-state index contributed by atoms with van der Waals surface area (Å²) in [6.45, 7) is 2.91. The lowest BCUT2D eigenvalue weighted by Gasteiger charge is -2.02. The molecule has 0 fully saturated rings. The van der Waals surface area contributed by atoms with Crippen molar-refractivity contribution in [2.45, 2.75) is 13.8 Å². The zero-order chi connectivity index (χ0) is 7.44. The van der Waals surface area contributed by atoms with Crippen LogP contribution in [0, 0.1) is 16.7 Å². The Labute approximate surface area is 54.1 Å². The molecular weight excluding hydrogens is 116 g/mol. The molecule has 0 aromatic heterocycles. The SMILES string of the molecule is CC(=N)C(C=N)C(C)=O. The van der Waals surface area contributed by atoms with Crippen LogP contribution in [0.5, 0.6) is 0 Å². The first-order chi connectivity index (χ1) is 4.09. The molecule has 0 aromatic carbocycles. The Morgan fingerprint density at radius 2 is 2.00 bits per heavy atom. The number of hydrogen-bond acceptors (Lipinski definition) is 3. The fourth-order valence-corrected chi connectivity index (χ4v) is 0.547. The van der Waals surface area contributed by atoms with Crippen LogP contribution in [0.4, 0.5) is 0 Å². The quantitative estimate of drug-likeness (QED) is 0.541. The molecule has 0 saturated carbocycles. The van der Waals surface area contributed by atoms with Crippen LogP contribution in [0.2, 0.25) is 0 Å². The van der Waals surface area contributed by atoms with Crippen molar-refractivity contribution < 1.29 is 4.79 Å². The molecule has 1 unspecified atom stereocenters. The zero-order valence-electron chi connectivity index (χ0n) is 5.56. The normalized spacial score (nSPS) is 12.2. The highest BCUT2D eigenvalue weighted by molar-refractivity contribution is 6.13. The number of carbonyl (C=O) groups excluding carboxylic acids is 1. The van der Waals surface area contributed by atoms with Crippen LogP contribution in [-0.4, -0.2) is 17.7 Å².